The average Bonchev–Trinajstić information content (AvgIpc) is 3.33. The van der Waals surface area contributed by atoms with Crippen LogP contribution in [-0.2, 0) is 6.42 Å². The van der Waals surface area contributed by atoms with Gasteiger partial charge in [-0.25, -0.2) is 14.5 Å². The summed E-state index contributed by atoms with van der Waals surface area (Å²) in [5.41, 5.74) is 3.64. The van der Waals surface area contributed by atoms with E-state index in [-0.39, 0.29) is 5.91 Å². The molecule has 0 fully saturated rings. The summed E-state index contributed by atoms with van der Waals surface area (Å²) < 4.78 is 1.81. The Labute approximate surface area is 152 Å². The predicted molar refractivity (Wildman–Crippen MR) is 99.2 cm³/mol. The second-order valence-corrected chi connectivity index (χ2v) is 7.26. The number of fused-ring (bicyclic) bond motifs is 1. The lowest BCUT2D eigenvalue weighted by molar-refractivity contribution is 0.0954. The number of carbonyl (C=O) groups excluding carboxylic acids is 1. The molecule has 0 unspecified atom stereocenters. The molecule has 1 N–H and O–H groups in total. The molecule has 0 atom stereocenters. The molecule has 3 heterocycles. The summed E-state index contributed by atoms with van der Waals surface area (Å²) in [6.45, 7) is 2.51. The lowest BCUT2D eigenvalue weighted by Crippen LogP contribution is -2.26. The van der Waals surface area contributed by atoms with Gasteiger partial charge in [0.15, 0.2) is 0 Å². The molecule has 0 saturated heterocycles. The van der Waals surface area contributed by atoms with Crippen LogP contribution >= 0.6 is 22.7 Å². The molecule has 0 aliphatic heterocycles. The number of aromatic nitrogens is 4. The van der Waals surface area contributed by atoms with Crippen LogP contribution in [0.4, 0.5) is 0 Å². The smallest absolute Gasteiger partial charge is 0.251 e. The Morgan fingerprint density at radius 2 is 2.20 bits per heavy atom. The van der Waals surface area contributed by atoms with Gasteiger partial charge < -0.3 is 5.32 Å². The largest absolute Gasteiger partial charge is 0.352 e. The highest BCUT2D eigenvalue weighted by Gasteiger charge is 2.10. The first-order valence-corrected chi connectivity index (χ1v) is 9.53. The molecule has 4 rings (SSSR count). The number of thiazole rings is 2. The van der Waals surface area contributed by atoms with Crippen LogP contribution < -0.4 is 5.32 Å². The van der Waals surface area contributed by atoms with Gasteiger partial charge in [-0.05, 0) is 19.1 Å². The van der Waals surface area contributed by atoms with Crippen molar-refractivity contribution in [1.29, 1.82) is 0 Å². The highest BCUT2D eigenvalue weighted by Crippen LogP contribution is 2.24. The van der Waals surface area contributed by atoms with Gasteiger partial charge in [-0.15, -0.1) is 22.7 Å². The lowest BCUT2D eigenvalue weighted by Gasteiger charge is -2.06. The van der Waals surface area contributed by atoms with Crippen molar-refractivity contribution in [2.24, 2.45) is 0 Å². The minimum atomic E-state index is -0.0832. The van der Waals surface area contributed by atoms with Gasteiger partial charge in [-0.1, -0.05) is 12.1 Å². The molecule has 126 valence electrons. The van der Waals surface area contributed by atoms with Crippen LogP contribution in [0.25, 0.3) is 15.5 Å². The van der Waals surface area contributed by atoms with Gasteiger partial charge in [0.2, 0.25) is 4.96 Å². The van der Waals surface area contributed by atoms with Crippen LogP contribution in [0.5, 0.6) is 0 Å². The molecule has 0 radical (unpaired) electrons. The Kier molecular flexibility index (Phi) is 4.29. The summed E-state index contributed by atoms with van der Waals surface area (Å²) in [7, 11) is 0. The molecular weight excluding hydrogens is 354 g/mol. The SMILES string of the molecule is Cc1csc(-c2cccc(C(=O)NCCc3csc4ncnn34)c2)n1. The molecule has 0 aliphatic carbocycles. The molecule has 0 bridgehead atoms. The standard InChI is InChI=1S/C17H15N5OS2/c1-11-8-24-16(21-11)13-4-2-3-12(7-13)15(23)18-6-5-14-9-25-17-19-10-20-22(14)17/h2-4,7-10H,5-6H2,1H3,(H,18,23). The first kappa shape index (κ1) is 15.9. The Hall–Kier alpha value is -2.58. The number of carbonyl (C=O) groups is 1. The number of benzene rings is 1. The number of amides is 1. The normalized spacial score (nSPS) is 11.1. The van der Waals surface area contributed by atoms with E-state index < -0.39 is 0 Å². The van der Waals surface area contributed by atoms with Crippen molar-refractivity contribution in [2.75, 3.05) is 6.54 Å². The summed E-state index contributed by atoms with van der Waals surface area (Å²) in [5, 5.41) is 12.1. The highest BCUT2D eigenvalue weighted by molar-refractivity contribution is 7.15. The zero-order valence-corrected chi connectivity index (χ0v) is 15.1. The van der Waals surface area contributed by atoms with E-state index in [1.54, 1.807) is 29.0 Å². The van der Waals surface area contributed by atoms with E-state index in [0.717, 1.165) is 26.9 Å². The van der Waals surface area contributed by atoms with E-state index in [4.69, 9.17) is 0 Å². The van der Waals surface area contributed by atoms with Crippen molar-refractivity contribution < 1.29 is 4.79 Å². The second kappa shape index (κ2) is 6.73. The number of nitrogens with zero attached hydrogens (tertiary/aromatic N) is 4. The fourth-order valence-electron chi connectivity index (χ4n) is 2.53. The highest BCUT2D eigenvalue weighted by atomic mass is 32.1. The van der Waals surface area contributed by atoms with E-state index in [1.165, 1.54) is 0 Å². The molecule has 0 saturated carbocycles. The molecule has 1 aromatic carbocycles. The van der Waals surface area contributed by atoms with Gasteiger partial charge in [-0.3, -0.25) is 4.79 Å². The summed E-state index contributed by atoms with van der Waals surface area (Å²) in [6.07, 6.45) is 2.25. The minimum Gasteiger partial charge on any atom is -0.352 e. The fraction of sp³-hybridized carbons (Fsp3) is 0.176. The fourth-order valence-corrected chi connectivity index (χ4v) is 4.16. The maximum atomic E-state index is 12.4. The van der Waals surface area contributed by atoms with Crippen LogP contribution in [0.2, 0.25) is 0 Å². The van der Waals surface area contributed by atoms with Gasteiger partial charge >= 0.3 is 0 Å². The van der Waals surface area contributed by atoms with Crippen LogP contribution in [0.1, 0.15) is 21.7 Å². The molecule has 8 heteroatoms. The van der Waals surface area contributed by atoms with Crippen LogP contribution in [0.3, 0.4) is 0 Å². The molecule has 3 aromatic heterocycles. The van der Waals surface area contributed by atoms with Crippen LogP contribution in [0, 0.1) is 6.92 Å². The average molecular weight is 369 g/mol. The van der Waals surface area contributed by atoms with Gasteiger partial charge in [0.1, 0.15) is 11.3 Å². The maximum Gasteiger partial charge on any atom is 0.251 e. The van der Waals surface area contributed by atoms with E-state index in [2.05, 4.69) is 20.4 Å². The van der Waals surface area contributed by atoms with E-state index in [1.807, 2.05) is 46.5 Å². The van der Waals surface area contributed by atoms with Gasteiger partial charge in [0, 0.05) is 40.5 Å². The van der Waals surface area contributed by atoms with Crippen molar-refractivity contribution in [1.82, 2.24) is 24.9 Å². The first-order chi connectivity index (χ1) is 12.2. The van der Waals surface area contributed by atoms with E-state index in [0.29, 0.717) is 18.5 Å². The third kappa shape index (κ3) is 3.31. The molecule has 4 aromatic rings. The predicted octanol–water partition coefficient (Wildman–Crippen LogP) is 3.20. The number of nitrogens with one attached hydrogen (secondary N) is 1. The van der Waals surface area contributed by atoms with E-state index in [9.17, 15) is 4.79 Å². The third-order valence-corrected chi connectivity index (χ3v) is 5.63. The molecule has 0 spiro atoms. The van der Waals surface area contributed by atoms with Crippen molar-refractivity contribution in [3.05, 3.63) is 58.3 Å². The number of aryl methyl sites for hydroxylation is 1. The third-order valence-electron chi connectivity index (χ3n) is 3.75. The monoisotopic (exact) mass is 369 g/mol. The molecular formula is C17H15N5OS2. The molecule has 1 amide bonds. The summed E-state index contributed by atoms with van der Waals surface area (Å²) in [4.78, 5) is 21.9. The Bertz CT molecular complexity index is 1030. The van der Waals surface area contributed by atoms with Crippen molar-refractivity contribution >= 4 is 33.5 Å². The lowest BCUT2D eigenvalue weighted by atomic mass is 10.1. The van der Waals surface area contributed by atoms with Gasteiger partial charge in [0.05, 0.1) is 5.69 Å². The van der Waals surface area contributed by atoms with Crippen molar-refractivity contribution in [2.45, 2.75) is 13.3 Å². The summed E-state index contributed by atoms with van der Waals surface area (Å²) in [5.74, 6) is -0.0832. The first-order valence-electron chi connectivity index (χ1n) is 7.77. The molecule has 25 heavy (non-hydrogen) atoms. The zero-order valence-electron chi connectivity index (χ0n) is 13.5. The van der Waals surface area contributed by atoms with E-state index >= 15 is 0 Å². The summed E-state index contributed by atoms with van der Waals surface area (Å²) in [6, 6.07) is 7.56. The van der Waals surface area contributed by atoms with Crippen molar-refractivity contribution in [3.63, 3.8) is 0 Å². The second-order valence-electron chi connectivity index (χ2n) is 5.56. The van der Waals surface area contributed by atoms with Crippen molar-refractivity contribution in [3.8, 4) is 10.6 Å². The Morgan fingerprint density at radius 1 is 1.28 bits per heavy atom. The zero-order chi connectivity index (χ0) is 17.2. The number of hydrogen-bond acceptors (Lipinski definition) is 6. The Balaban J connectivity index is 1.42. The van der Waals surface area contributed by atoms with Gasteiger partial charge in [-0.2, -0.15) is 5.10 Å². The Morgan fingerprint density at radius 3 is 3.04 bits per heavy atom. The number of hydrogen-bond donors (Lipinski definition) is 1. The minimum absolute atomic E-state index is 0.0832. The quantitative estimate of drug-likeness (QED) is 0.586. The topological polar surface area (TPSA) is 72.2 Å². The van der Waals surface area contributed by atoms with Gasteiger partial charge in [0.25, 0.3) is 5.91 Å². The number of rotatable bonds is 5. The van der Waals surface area contributed by atoms with Crippen LogP contribution in [-0.4, -0.2) is 32.0 Å². The maximum absolute atomic E-state index is 12.4. The molecule has 6 nitrogen and oxygen atoms in total. The van der Waals surface area contributed by atoms with Crippen LogP contribution in [0.15, 0.2) is 41.4 Å². The molecule has 0 aliphatic rings. The summed E-state index contributed by atoms with van der Waals surface area (Å²) >= 11 is 3.13.